The first-order valence-corrected chi connectivity index (χ1v) is 29.6. The molecular formula is C59H111NO10. The molecule has 1 saturated heterocycles. The van der Waals surface area contributed by atoms with Crippen molar-refractivity contribution in [3.8, 4) is 0 Å². The number of hydrogen-bond acceptors (Lipinski definition) is 10. The molecule has 0 aromatic carbocycles. The first kappa shape index (κ1) is 66.2. The van der Waals surface area contributed by atoms with Gasteiger partial charge in [-0.15, -0.1) is 0 Å². The van der Waals surface area contributed by atoms with E-state index in [1.165, 1.54) is 180 Å². The van der Waals surface area contributed by atoms with Crippen LogP contribution in [-0.4, -0.2) is 100 Å². The number of ether oxygens (including phenoxy) is 3. The van der Waals surface area contributed by atoms with Gasteiger partial charge in [-0.25, -0.2) is 0 Å². The van der Waals surface area contributed by atoms with Gasteiger partial charge in [0.2, 0.25) is 5.91 Å². The zero-order valence-electron chi connectivity index (χ0n) is 45.2. The summed E-state index contributed by atoms with van der Waals surface area (Å²) in [4.78, 5) is 25.1. The maximum Gasteiger partial charge on any atom is 0.305 e. The van der Waals surface area contributed by atoms with E-state index in [4.69, 9.17) is 14.2 Å². The number of allylic oxidation sites excluding steroid dienone is 3. The van der Waals surface area contributed by atoms with Crippen molar-refractivity contribution in [2.75, 3.05) is 19.8 Å². The fourth-order valence-electron chi connectivity index (χ4n) is 9.31. The molecule has 1 amide bonds. The highest BCUT2D eigenvalue weighted by Gasteiger charge is 2.44. The molecule has 7 unspecified atom stereocenters. The normalized spacial score (nSPS) is 19.3. The lowest BCUT2D eigenvalue weighted by molar-refractivity contribution is -0.302. The average Bonchev–Trinajstić information content (AvgIpc) is 3.36. The molecule has 412 valence electrons. The van der Waals surface area contributed by atoms with E-state index >= 15 is 0 Å². The van der Waals surface area contributed by atoms with E-state index in [-0.39, 0.29) is 18.5 Å². The molecule has 1 heterocycles. The number of nitrogens with one attached hydrogen (secondary N) is 1. The van der Waals surface area contributed by atoms with Gasteiger partial charge in [-0.05, 0) is 57.8 Å². The molecule has 11 heteroatoms. The zero-order chi connectivity index (χ0) is 51.0. The molecule has 0 aromatic heterocycles. The fraction of sp³-hybridized carbons (Fsp3) is 0.898. The summed E-state index contributed by atoms with van der Waals surface area (Å²) in [7, 11) is 0. The minimum atomic E-state index is -1.57. The minimum absolute atomic E-state index is 0.0182. The average molecular weight is 995 g/mol. The lowest BCUT2D eigenvalue weighted by Gasteiger charge is -2.40. The third kappa shape index (κ3) is 38.7. The number of unbranched alkanes of at least 4 members (excludes halogenated alkanes) is 35. The highest BCUT2D eigenvalue weighted by molar-refractivity contribution is 5.76. The Kier molecular flexibility index (Phi) is 46.6. The van der Waals surface area contributed by atoms with E-state index in [2.05, 4.69) is 31.3 Å². The second kappa shape index (κ2) is 49.4. The van der Waals surface area contributed by atoms with Crippen molar-refractivity contribution in [1.29, 1.82) is 0 Å². The molecule has 1 rings (SSSR count). The Morgan fingerprint density at radius 1 is 0.514 bits per heavy atom. The molecule has 0 radical (unpaired) electrons. The molecule has 0 spiro atoms. The van der Waals surface area contributed by atoms with E-state index < -0.39 is 49.5 Å². The number of carbonyl (C=O) groups excluding carboxylic acids is 2. The van der Waals surface area contributed by atoms with Gasteiger partial charge in [0.1, 0.15) is 24.4 Å². The van der Waals surface area contributed by atoms with Crippen molar-refractivity contribution in [2.24, 2.45) is 0 Å². The van der Waals surface area contributed by atoms with Crippen LogP contribution in [0.3, 0.4) is 0 Å². The number of esters is 1. The smallest absolute Gasteiger partial charge is 0.305 e. The lowest BCUT2D eigenvalue weighted by Crippen LogP contribution is -2.60. The van der Waals surface area contributed by atoms with Gasteiger partial charge in [-0.3, -0.25) is 9.59 Å². The number of aliphatic hydroxyl groups is 5. The van der Waals surface area contributed by atoms with Crippen LogP contribution in [0.15, 0.2) is 24.3 Å². The zero-order valence-corrected chi connectivity index (χ0v) is 45.2. The second-order valence-electron chi connectivity index (χ2n) is 20.7. The molecule has 11 nitrogen and oxygen atoms in total. The van der Waals surface area contributed by atoms with Crippen molar-refractivity contribution in [2.45, 2.75) is 320 Å². The summed E-state index contributed by atoms with van der Waals surface area (Å²) in [5.74, 6) is -0.209. The largest absolute Gasteiger partial charge is 0.466 e. The van der Waals surface area contributed by atoms with Crippen LogP contribution in [0.2, 0.25) is 0 Å². The molecule has 0 aromatic rings. The summed E-state index contributed by atoms with van der Waals surface area (Å²) >= 11 is 0. The number of aliphatic hydroxyl groups excluding tert-OH is 5. The Morgan fingerprint density at radius 3 is 1.37 bits per heavy atom. The highest BCUT2D eigenvalue weighted by atomic mass is 16.7. The SMILES string of the molecule is CCCCCCCC/C=C\CCCCCCCCCC(=O)OCCCCCCCCCCCCCCCCCCC(=O)NC(COC1OC(CO)C(O)C(O)C1O)C(O)/C=C/CCCCCCCCC. The Balaban J connectivity index is 2.02. The molecule has 1 aliphatic heterocycles. The molecule has 6 N–H and O–H groups in total. The maximum atomic E-state index is 13.0. The van der Waals surface area contributed by atoms with Gasteiger partial charge in [0.05, 0.1) is 32.0 Å². The molecule has 0 bridgehead atoms. The second-order valence-corrected chi connectivity index (χ2v) is 20.7. The van der Waals surface area contributed by atoms with Crippen molar-refractivity contribution in [1.82, 2.24) is 5.32 Å². The van der Waals surface area contributed by atoms with Crippen LogP contribution in [0.5, 0.6) is 0 Å². The van der Waals surface area contributed by atoms with Gasteiger partial charge < -0.3 is 45.1 Å². The van der Waals surface area contributed by atoms with Crippen LogP contribution in [0.4, 0.5) is 0 Å². The van der Waals surface area contributed by atoms with Gasteiger partial charge in [0.15, 0.2) is 6.29 Å². The monoisotopic (exact) mass is 994 g/mol. The summed E-state index contributed by atoms with van der Waals surface area (Å²) in [5.41, 5.74) is 0. The van der Waals surface area contributed by atoms with E-state index in [1.807, 2.05) is 6.08 Å². The van der Waals surface area contributed by atoms with Gasteiger partial charge in [0.25, 0.3) is 0 Å². The van der Waals surface area contributed by atoms with Crippen LogP contribution in [0.25, 0.3) is 0 Å². The molecular weight excluding hydrogens is 883 g/mol. The predicted molar refractivity (Wildman–Crippen MR) is 288 cm³/mol. The summed E-state index contributed by atoms with van der Waals surface area (Å²) in [5, 5.41) is 54.2. The molecule has 1 aliphatic rings. The topological polar surface area (TPSA) is 175 Å². The summed E-state index contributed by atoms with van der Waals surface area (Å²) in [6, 6.07) is -0.813. The quantitative estimate of drug-likeness (QED) is 0.0195. The van der Waals surface area contributed by atoms with Crippen LogP contribution in [-0.2, 0) is 23.8 Å². The van der Waals surface area contributed by atoms with Crippen molar-refractivity contribution >= 4 is 11.9 Å². The van der Waals surface area contributed by atoms with Crippen molar-refractivity contribution in [3.05, 3.63) is 24.3 Å². The van der Waals surface area contributed by atoms with Crippen LogP contribution in [0.1, 0.15) is 277 Å². The molecule has 7 atom stereocenters. The van der Waals surface area contributed by atoms with Gasteiger partial charge in [-0.1, -0.05) is 231 Å². The Hall–Kier alpha value is -1.86. The summed E-state index contributed by atoms with van der Waals surface area (Å²) in [6.07, 6.45) is 48.5. The fourth-order valence-corrected chi connectivity index (χ4v) is 9.31. The standard InChI is InChI=1S/C59H111NO10/c1-3-5-7-9-11-13-14-15-16-17-21-24-27-31-35-39-43-47-55(64)68-48-44-40-36-32-28-25-22-19-18-20-23-26-30-34-38-42-46-54(63)60-51(52(62)45-41-37-33-29-12-10-8-6-4-2)50-69-59-58(67)57(66)56(65)53(49-61)70-59/h15-16,41,45,51-53,56-59,61-62,65-67H,3-14,17-40,42-44,46-50H2,1-2H3,(H,60,63)/b16-15-,45-41+. The third-order valence-corrected chi connectivity index (χ3v) is 14.1. The molecule has 70 heavy (non-hydrogen) atoms. The Bertz CT molecular complexity index is 1220. The molecule has 1 fully saturated rings. The van der Waals surface area contributed by atoms with Crippen LogP contribution in [0, 0.1) is 0 Å². The summed E-state index contributed by atoms with van der Waals surface area (Å²) in [6.45, 7) is 4.29. The molecule has 0 aliphatic carbocycles. The van der Waals surface area contributed by atoms with Crippen LogP contribution >= 0.6 is 0 Å². The number of amides is 1. The van der Waals surface area contributed by atoms with Gasteiger partial charge in [-0.2, -0.15) is 0 Å². The minimum Gasteiger partial charge on any atom is -0.466 e. The number of rotatable bonds is 51. The Labute approximate surface area is 429 Å². The van der Waals surface area contributed by atoms with Gasteiger partial charge in [0, 0.05) is 12.8 Å². The summed E-state index contributed by atoms with van der Waals surface area (Å²) < 4.78 is 16.7. The Morgan fingerprint density at radius 2 is 0.914 bits per heavy atom. The number of carbonyl (C=O) groups is 2. The highest BCUT2D eigenvalue weighted by Crippen LogP contribution is 2.23. The first-order chi connectivity index (χ1) is 34.2. The predicted octanol–water partition coefficient (Wildman–Crippen LogP) is 13.3. The van der Waals surface area contributed by atoms with E-state index in [0.717, 1.165) is 70.6 Å². The van der Waals surface area contributed by atoms with Crippen molar-refractivity contribution < 1.29 is 49.3 Å². The molecule has 0 saturated carbocycles. The third-order valence-electron chi connectivity index (χ3n) is 14.1. The van der Waals surface area contributed by atoms with E-state index in [9.17, 15) is 35.1 Å². The van der Waals surface area contributed by atoms with Gasteiger partial charge >= 0.3 is 5.97 Å². The number of hydrogen-bond donors (Lipinski definition) is 6. The van der Waals surface area contributed by atoms with Crippen molar-refractivity contribution in [3.63, 3.8) is 0 Å². The van der Waals surface area contributed by atoms with E-state index in [0.29, 0.717) is 19.4 Å². The van der Waals surface area contributed by atoms with Crippen LogP contribution < -0.4 is 5.32 Å². The first-order valence-electron chi connectivity index (χ1n) is 29.6. The lowest BCUT2D eigenvalue weighted by atomic mass is 9.99. The maximum absolute atomic E-state index is 13.0. The van der Waals surface area contributed by atoms with E-state index in [1.54, 1.807) is 6.08 Å².